The molecule has 1 aliphatic carbocycles. The summed E-state index contributed by atoms with van der Waals surface area (Å²) in [6, 6.07) is 0. The molecule has 0 saturated carbocycles. The van der Waals surface area contributed by atoms with Crippen LogP contribution in [0.15, 0.2) is 35.1 Å². The summed E-state index contributed by atoms with van der Waals surface area (Å²) in [5.41, 5.74) is 5.94. The number of nitrogens with zero attached hydrogens (tertiary/aromatic N) is 1. The lowest BCUT2D eigenvalue weighted by Gasteiger charge is -2.33. The van der Waals surface area contributed by atoms with Gasteiger partial charge in [-0.05, 0) is 43.8 Å². The highest BCUT2D eigenvalue weighted by Gasteiger charge is 2.23. The van der Waals surface area contributed by atoms with Crippen LogP contribution >= 0.6 is 0 Å². The third kappa shape index (κ3) is 2.69. The van der Waals surface area contributed by atoms with Gasteiger partial charge in [0.05, 0.1) is 0 Å². The second-order valence-electron chi connectivity index (χ2n) is 5.18. The molecule has 0 spiro atoms. The number of rotatable bonds is 4. The first-order valence-electron chi connectivity index (χ1n) is 7.30. The second kappa shape index (κ2) is 6.24. The molecule has 2 nitrogen and oxygen atoms in total. The number of nitrogens with one attached hydrogen (secondary N) is 1. The predicted molar refractivity (Wildman–Crippen MR) is 78.5 cm³/mol. The van der Waals surface area contributed by atoms with Crippen molar-refractivity contribution in [2.24, 2.45) is 0 Å². The zero-order valence-electron chi connectivity index (χ0n) is 11.9. The minimum atomic E-state index is 1.08. The summed E-state index contributed by atoms with van der Waals surface area (Å²) in [5.74, 6) is 0. The van der Waals surface area contributed by atoms with Gasteiger partial charge in [-0.2, -0.15) is 0 Å². The van der Waals surface area contributed by atoms with Crippen LogP contribution in [0.25, 0.3) is 0 Å². The maximum atomic E-state index is 4.25. The zero-order valence-corrected chi connectivity index (χ0v) is 11.9. The Morgan fingerprint density at radius 3 is 2.56 bits per heavy atom. The van der Waals surface area contributed by atoms with Gasteiger partial charge in [0.1, 0.15) is 0 Å². The van der Waals surface area contributed by atoms with Gasteiger partial charge in [-0.25, -0.2) is 0 Å². The monoisotopic (exact) mass is 246 g/mol. The fraction of sp³-hybridized carbons (Fsp3) is 0.625. The van der Waals surface area contributed by atoms with Crippen molar-refractivity contribution in [1.82, 2.24) is 10.2 Å². The van der Waals surface area contributed by atoms with E-state index in [0.717, 1.165) is 32.6 Å². The van der Waals surface area contributed by atoms with Gasteiger partial charge in [-0.3, -0.25) is 0 Å². The predicted octanol–water partition coefficient (Wildman–Crippen LogP) is 3.24. The Morgan fingerprint density at radius 1 is 1.28 bits per heavy atom. The Kier molecular flexibility index (Phi) is 4.65. The van der Waals surface area contributed by atoms with Crippen molar-refractivity contribution in [3.05, 3.63) is 35.1 Å². The summed E-state index contributed by atoms with van der Waals surface area (Å²) < 4.78 is 0. The van der Waals surface area contributed by atoms with Gasteiger partial charge in [-0.15, -0.1) is 0 Å². The highest BCUT2D eigenvalue weighted by Crippen LogP contribution is 2.37. The van der Waals surface area contributed by atoms with Gasteiger partial charge in [0.15, 0.2) is 0 Å². The SMILES string of the molecule is C=C(CC)C1=C(/C(=C\C)N2CCNCC2)CCC1. The molecule has 0 aromatic carbocycles. The van der Waals surface area contributed by atoms with E-state index in [1.165, 1.54) is 30.5 Å². The first-order chi connectivity index (χ1) is 8.77. The minimum Gasteiger partial charge on any atom is -0.369 e. The molecule has 2 heteroatoms. The molecule has 18 heavy (non-hydrogen) atoms. The molecule has 2 aliphatic rings. The lowest BCUT2D eigenvalue weighted by atomic mass is 9.98. The van der Waals surface area contributed by atoms with Gasteiger partial charge in [-0.1, -0.05) is 25.2 Å². The quantitative estimate of drug-likeness (QED) is 0.819. The zero-order chi connectivity index (χ0) is 13.0. The molecule has 2 rings (SSSR count). The van der Waals surface area contributed by atoms with Crippen LogP contribution in [0.3, 0.4) is 0 Å². The normalized spacial score (nSPS) is 21.7. The fourth-order valence-corrected chi connectivity index (χ4v) is 3.08. The average molecular weight is 246 g/mol. The van der Waals surface area contributed by atoms with E-state index in [1.807, 2.05) is 0 Å². The smallest absolute Gasteiger partial charge is 0.0359 e. The Hall–Kier alpha value is -1.02. The molecule has 0 aromatic heterocycles. The van der Waals surface area contributed by atoms with E-state index in [4.69, 9.17) is 0 Å². The van der Waals surface area contributed by atoms with Crippen LogP contribution < -0.4 is 5.32 Å². The molecule has 1 saturated heterocycles. The number of piperazine rings is 1. The van der Waals surface area contributed by atoms with E-state index in [9.17, 15) is 0 Å². The van der Waals surface area contributed by atoms with E-state index < -0.39 is 0 Å². The molecule has 1 fully saturated rings. The van der Waals surface area contributed by atoms with Crippen LogP contribution in [0.4, 0.5) is 0 Å². The highest BCUT2D eigenvalue weighted by molar-refractivity contribution is 5.46. The molecular weight excluding hydrogens is 220 g/mol. The summed E-state index contributed by atoms with van der Waals surface area (Å²) in [6.45, 7) is 13.1. The maximum Gasteiger partial charge on any atom is 0.0359 e. The summed E-state index contributed by atoms with van der Waals surface area (Å²) in [6.07, 6.45) is 7.14. The van der Waals surface area contributed by atoms with Crippen LogP contribution in [0, 0.1) is 0 Å². The molecule has 0 bridgehead atoms. The Morgan fingerprint density at radius 2 is 1.94 bits per heavy atom. The summed E-state index contributed by atoms with van der Waals surface area (Å²) in [7, 11) is 0. The van der Waals surface area contributed by atoms with Crippen LogP contribution in [-0.2, 0) is 0 Å². The average Bonchev–Trinajstić information content (AvgIpc) is 2.89. The molecule has 1 aliphatic heterocycles. The number of hydrogen-bond acceptors (Lipinski definition) is 2. The van der Waals surface area contributed by atoms with E-state index in [2.05, 4.69) is 36.7 Å². The van der Waals surface area contributed by atoms with Crippen molar-refractivity contribution in [2.75, 3.05) is 26.2 Å². The van der Waals surface area contributed by atoms with Gasteiger partial charge in [0.25, 0.3) is 0 Å². The van der Waals surface area contributed by atoms with Crippen molar-refractivity contribution in [1.29, 1.82) is 0 Å². The van der Waals surface area contributed by atoms with Crippen LogP contribution in [0.5, 0.6) is 0 Å². The van der Waals surface area contributed by atoms with Gasteiger partial charge < -0.3 is 10.2 Å². The molecule has 1 heterocycles. The van der Waals surface area contributed by atoms with E-state index in [-0.39, 0.29) is 0 Å². The van der Waals surface area contributed by atoms with E-state index >= 15 is 0 Å². The Bertz CT molecular complexity index is 371. The Labute approximate surface area is 111 Å². The Balaban J connectivity index is 2.23. The number of allylic oxidation sites excluding steroid dienone is 4. The second-order valence-corrected chi connectivity index (χ2v) is 5.18. The van der Waals surface area contributed by atoms with Gasteiger partial charge in [0, 0.05) is 31.9 Å². The van der Waals surface area contributed by atoms with Crippen molar-refractivity contribution in [3.8, 4) is 0 Å². The minimum absolute atomic E-state index is 1.08. The molecule has 1 N–H and O–H groups in total. The van der Waals surface area contributed by atoms with Crippen molar-refractivity contribution >= 4 is 0 Å². The van der Waals surface area contributed by atoms with Crippen LogP contribution in [0.1, 0.15) is 39.5 Å². The molecule has 0 aromatic rings. The topological polar surface area (TPSA) is 15.3 Å². The fourth-order valence-electron chi connectivity index (χ4n) is 3.08. The third-order valence-corrected chi connectivity index (χ3v) is 4.11. The van der Waals surface area contributed by atoms with Crippen LogP contribution in [-0.4, -0.2) is 31.1 Å². The summed E-state index contributed by atoms with van der Waals surface area (Å²) in [4.78, 5) is 2.54. The van der Waals surface area contributed by atoms with Gasteiger partial charge >= 0.3 is 0 Å². The lowest BCUT2D eigenvalue weighted by Crippen LogP contribution is -2.43. The highest BCUT2D eigenvalue weighted by atomic mass is 15.2. The van der Waals surface area contributed by atoms with Crippen LogP contribution in [0.2, 0.25) is 0 Å². The molecular formula is C16H26N2. The molecule has 0 atom stereocenters. The van der Waals surface area contributed by atoms with Gasteiger partial charge in [0.2, 0.25) is 0 Å². The van der Waals surface area contributed by atoms with Crippen molar-refractivity contribution in [3.63, 3.8) is 0 Å². The summed E-state index contributed by atoms with van der Waals surface area (Å²) >= 11 is 0. The lowest BCUT2D eigenvalue weighted by molar-refractivity contribution is 0.302. The van der Waals surface area contributed by atoms with Crippen molar-refractivity contribution < 1.29 is 0 Å². The standard InChI is InChI=1S/C16H26N2/c1-4-13(3)14-7-6-8-15(14)16(5-2)18-11-9-17-10-12-18/h5,17H,3-4,6-12H2,1-2H3/b16-5+. The maximum absolute atomic E-state index is 4.25. The molecule has 0 unspecified atom stereocenters. The van der Waals surface area contributed by atoms with Crippen molar-refractivity contribution in [2.45, 2.75) is 39.5 Å². The molecule has 0 radical (unpaired) electrons. The summed E-state index contributed by atoms with van der Waals surface area (Å²) in [5, 5.41) is 3.43. The third-order valence-electron chi connectivity index (χ3n) is 4.11. The van der Waals surface area contributed by atoms with E-state index in [1.54, 1.807) is 11.1 Å². The first kappa shape index (κ1) is 13.4. The molecule has 0 amide bonds. The largest absolute Gasteiger partial charge is 0.369 e. The molecule has 100 valence electrons. The van der Waals surface area contributed by atoms with E-state index in [0.29, 0.717) is 0 Å². The number of hydrogen-bond donors (Lipinski definition) is 1. The first-order valence-corrected chi connectivity index (χ1v) is 7.30.